The van der Waals surface area contributed by atoms with Crippen molar-refractivity contribution in [1.82, 2.24) is 0 Å². The van der Waals surface area contributed by atoms with Gasteiger partial charge in [0.25, 0.3) is 15.7 Å². The second-order valence-corrected chi connectivity index (χ2v) is 10.7. The van der Waals surface area contributed by atoms with Crippen LogP contribution < -0.4 is 10.1 Å². The van der Waals surface area contributed by atoms with Gasteiger partial charge >= 0.3 is 5.97 Å². The van der Waals surface area contributed by atoms with E-state index < -0.39 is 26.6 Å². The van der Waals surface area contributed by atoms with E-state index in [1.165, 1.54) is 36.4 Å². The van der Waals surface area contributed by atoms with Crippen molar-refractivity contribution in [3.05, 3.63) is 69.8 Å². The number of hydrogen-bond acceptors (Lipinski definition) is 7. The molecule has 3 aliphatic rings. The molecule has 0 unspecified atom stereocenters. The molecule has 0 amide bonds. The summed E-state index contributed by atoms with van der Waals surface area (Å²) in [6, 6.07) is 8.84. The Balaban J connectivity index is 1.55. The minimum absolute atomic E-state index is 0.0355. The van der Waals surface area contributed by atoms with E-state index in [-0.39, 0.29) is 27.2 Å². The lowest BCUT2D eigenvalue weighted by atomic mass is 9.49. The van der Waals surface area contributed by atoms with Crippen LogP contribution in [0.15, 0.2) is 64.1 Å². The number of carbonyl (C=O) groups is 1. The molecule has 2 atom stereocenters. The fourth-order valence-electron chi connectivity index (χ4n) is 4.61. The van der Waals surface area contributed by atoms with E-state index in [0.29, 0.717) is 11.8 Å². The number of para-hydroxylation sites is 1. The zero-order valence-electron chi connectivity index (χ0n) is 18.6. The first kappa shape index (κ1) is 23.4. The lowest BCUT2D eigenvalue weighted by molar-refractivity contribution is -0.384. The number of allylic oxidation sites excluding steroid dienone is 2. The maximum atomic E-state index is 12.8. The van der Waals surface area contributed by atoms with Crippen molar-refractivity contribution in [2.24, 2.45) is 22.4 Å². The summed E-state index contributed by atoms with van der Waals surface area (Å²) in [5.74, 6) is -0.232. The molecule has 0 radical (unpaired) electrons. The van der Waals surface area contributed by atoms with Gasteiger partial charge in [0.05, 0.1) is 27.3 Å². The predicted octanol–water partition coefficient (Wildman–Crippen LogP) is 4.48. The van der Waals surface area contributed by atoms with Gasteiger partial charge in [-0.1, -0.05) is 32.1 Å². The highest BCUT2D eigenvalue weighted by Gasteiger charge is 2.50. The molecule has 10 nitrogen and oxygen atoms in total. The average Bonchev–Trinajstić information content (AvgIpc) is 2.79. The van der Waals surface area contributed by atoms with E-state index >= 15 is 0 Å². The van der Waals surface area contributed by atoms with Crippen LogP contribution in [0.5, 0.6) is 0 Å². The number of nitro benzene ring substituents is 1. The van der Waals surface area contributed by atoms with Crippen LogP contribution in [0.1, 0.15) is 37.0 Å². The second-order valence-electron chi connectivity index (χ2n) is 9.01. The number of nitro groups is 1. The highest BCUT2D eigenvalue weighted by Crippen LogP contribution is 2.58. The first-order valence-corrected chi connectivity index (χ1v) is 12.1. The Morgan fingerprint density at radius 3 is 2.62 bits per heavy atom. The number of aromatic carboxylic acids is 1. The number of carboxylic acid groups (broad SMARTS) is 1. The molecule has 0 saturated heterocycles. The van der Waals surface area contributed by atoms with Crippen LogP contribution in [0.3, 0.4) is 0 Å². The first-order chi connectivity index (χ1) is 16.0. The smallest absolute Gasteiger partial charge is 0.337 e. The molecule has 1 saturated carbocycles. The summed E-state index contributed by atoms with van der Waals surface area (Å²) in [6.45, 7) is 4.46. The summed E-state index contributed by atoms with van der Waals surface area (Å²) in [4.78, 5) is 21.9. The predicted molar refractivity (Wildman–Crippen MR) is 127 cm³/mol. The molecule has 2 aromatic rings. The molecule has 1 fully saturated rings. The number of hydrogen-bond donors (Lipinski definition) is 3. The number of anilines is 2. The SMILES string of the molecule is CC1(C)[C@H]2CC=C(/C=N\Nc3ccc(S(=O)(=O)Nc4ccccc4C(=O)O)cc3[N+](=O)[O-])[C@@H]1C2. The van der Waals surface area contributed by atoms with Gasteiger partial charge in [-0.25, -0.2) is 13.2 Å². The molecule has 11 heteroatoms. The Labute approximate surface area is 196 Å². The van der Waals surface area contributed by atoms with E-state index in [4.69, 9.17) is 0 Å². The third-order valence-electron chi connectivity index (χ3n) is 6.79. The Morgan fingerprint density at radius 1 is 1.24 bits per heavy atom. The summed E-state index contributed by atoms with van der Waals surface area (Å²) >= 11 is 0. The lowest BCUT2D eigenvalue weighted by Gasteiger charge is -2.55. The zero-order valence-corrected chi connectivity index (χ0v) is 19.4. The number of benzene rings is 2. The molecular formula is C23H24N4O6S. The van der Waals surface area contributed by atoms with E-state index in [2.05, 4.69) is 35.2 Å². The van der Waals surface area contributed by atoms with Crippen LogP contribution in [0.25, 0.3) is 0 Å². The number of carboxylic acids is 1. The highest BCUT2D eigenvalue weighted by molar-refractivity contribution is 7.92. The maximum Gasteiger partial charge on any atom is 0.337 e. The average molecular weight is 485 g/mol. The van der Waals surface area contributed by atoms with Crippen molar-refractivity contribution < 1.29 is 23.2 Å². The third kappa shape index (κ3) is 4.26. The molecule has 0 aromatic heterocycles. The van der Waals surface area contributed by atoms with Gasteiger partial charge in [0.2, 0.25) is 0 Å². The fourth-order valence-corrected chi connectivity index (χ4v) is 5.71. The van der Waals surface area contributed by atoms with E-state index in [1.54, 1.807) is 6.21 Å². The largest absolute Gasteiger partial charge is 0.478 e. The molecule has 34 heavy (non-hydrogen) atoms. The molecular weight excluding hydrogens is 460 g/mol. The lowest BCUT2D eigenvalue weighted by Crippen LogP contribution is -2.48. The van der Waals surface area contributed by atoms with Gasteiger partial charge in [-0.05, 0) is 59.9 Å². The Bertz CT molecular complexity index is 1330. The minimum Gasteiger partial charge on any atom is -0.478 e. The van der Waals surface area contributed by atoms with Crippen LogP contribution in [0.4, 0.5) is 17.1 Å². The molecule has 0 spiro atoms. The van der Waals surface area contributed by atoms with Gasteiger partial charge in [0, 0.05) is 6.07 Å². The fraction of sp³-hybridized carbons (Fsp3) is 0.304. The third-order valence-corrected chi connectivity index (χ3v) is 8.15. The van der Waals surface area contributed by atoms with Gasteiger partial charge in [0.15, 0.2) is 0 Å². The maximum absolute atomic E-state index is 12.8. The van der Waals surface area contributed by atoms with Crippen LogP contribution in [0.2, 0.25) is 0 Å². The molecule has 0 aliphatic heterocycles. The van der Waals surface area contributed by atoms with E-state index in [9.17, 15) is 28.4 Å². The summed E-state index contributed by atoms with van der Waals surface area (Å²) in [5, 5.41) is 25.0. The van der Waals surface area contributed by atoms with Gasteiger partial charge in [-0.3, -0.25) is 20.3 Å². The van der Waals surface area contributed by atoms with Crippen LogP contribution in [-0.4, -0.2) is 30.6 Å². The monoisotopic (exact) mass is 484 g/mol. The van der Waals surface area contributed by atoms with Gasteiger partial charge < -0.3 is 5.11 Å². The first-order valence-electron chi connectivity index (χ1n) is 10.6. The van der Waals surface area contributed by atoms with Crippen molar-refractivity contribution in [3.8, 4) is 0 Å². The van der Waals surface area contributed by atoms with Crippen molar-refractivity contribution in [3.63, 3.8) is 0 Å². The number of fused-ring (bicyclic) bond motifs is 1. The van der Waals surface area contributed by atoms with E-state index in [1.807, 2.05) is 0 Å². The number of rotatable bonds is 8. The van der Waals surface area contributed by atoms with Crippen molar-refractivity contribution >= 4 is 39.3 Å². The number of sulfonamides is 1. The van der Waals surface area contributed by atoms with Gasteiger partial charge in [0.1, 0.15) is 5.69 Å². The van der Waals surface area contributed by atoms with Crippen molar-refractivity contribution in [2.45, 2.75) is 31.6 Å². The van der Waals surface area contributed by atoms with E-state index in [0.717, 1.165) is 24.5 Å². The second kappa shape index (κ2) is 8.56. The normalized spacial score (nSPS) is 20.8. The minimum atomic E-state index is -4.29. The zero-order chi connectivity index (χ0) is 24.7. The summed E-state index contributed by atoms with van der Waals surface area (Å²) in [7, 11) is -4.29. The standard InChI is InChI=1S/C23H24N4O6S/c1-23(2)15-8-7-14(18(23)11-15)13-24-25-20-10-9-16(12-21(20)27(30)31)34(32,33)26-19-6-4-3-5-17(19)22(28)29/h3-7,9-10,12-13,15,18,25-26H,8,11H2,1-2H3,(H,28,29)/b24-13-/t15-,18-/m0/s1. The Hall–Kier alpha value is -3.73. The Kier molecular flexibility index (Phi) is 5.90. The number of nitrogens with one attached hydrogen (secondary N) is 2. The molecule has 3 N–H and O–H groups in total. The topological polar surface area (TPSA) is 151 Å². The molecule has 2 bridgehead atoms. The van der Waals surface area contributed by atoms with Crippen LogP contribution in [-0.2, 0) is 10.0 Å². The van der Waals surface area contributed by atoms with Crippen molar-refractivity contribution in [2.75, 3.05) is 10.1 Å². The van der Waals surface area contributed by atoms with Gasteiger partial charge in [-0.15, -0.1) is 0 Å². The van der Waals surface area contributed by atoms with Crippen molar-refractivity contribution in [1.29, 1.82) is 0 Å². The van der Waals surface area contributed by atoms with Gasteiger partial charge in [-0.2, -0.15) is 5.10 Å². The number of nitrogens with zero attached hydrogens (tertiary/aromatic N) is 2. The summed E-state index contributed by atoms with van der Waals surface area (Å²) in [5.41, 5.74) is 3.12. The quantitative estimate of drug-likeness (QED) is 0.284. The molecule has 0 heterocycles. The molecule has 2 aromatic carbocycles. The molecule has 178 valence electrons. The van der Waals surface area contributed by atoms with Crippen LogP contribution >= 0.6 is 0 Å². The highest BCUT2D eigenvalue weighted by atomic mass is 32.2. The Morgan fingerprint density at radius 2 is 1.97 bits per heavy atom. The molecule has 3 aliphatic carbocycles. The van der Waals surface area contributed by atoms with Crippen LogP contribution in [0, 0.1) is 27.4 Å². The summed E-state index contributed by atoms with van der Waals surface area (Å²) < 4.78 is 27.8. The summed E-state index contributed by atoms with van der Waals surface area (Å²) in [6.07, 6.45) is 5.89. The number of hydrazone groups is 1. The molecule has 5 rings (SSSR count).